The van der Waals surface area contributed by atoms with Gasteiger partial charge in [0.2, 0.25) is 0 Å². The molecule has 0 unspecified atom stereocenters. The van der Waals surface area contributed by atoms with Crippen molar-refractivity contribution in [2.75, 3.05) is 31.8 Å². The van der Waals surface area contributed by atoms with Crippen LogP contribution in [0.2, 0.25) is 0 Å². The monoisotopic (exact) mass is 621 g/mol. The summed E-state index contributed by atoms with van der Waals surface area (Å²) in [5, 5.41) is 5.58. The Hall–Kier alpha value is -5.35. The van der Waals surface area contributed by atoms with E-state index in [1.54, 1.807) is 96.7 Å². The molecule has 0 aromatic heterocycles. The number of hydrogen-bond donors (Lipinski definition) is 2. The molecule has 1 heterocycles. The molecular formula is C35H31N3O6S. The van der Waals surface area contributed by atoms with Crippen LogP contribution >= 0.6 is 11.8 Å². The number of fused-ring (bicyclic) bond motifs is 1. The zero-order valence-electron chi connectivity index (χ0n) is 24.7. The van der Waals surface area contributed by atoms with E-state index in [1.165, 1.54) is 25.2 Å². The number of amides is 4. The number of carbonyl (C=O) groups is 4. The van der Waals surface area contributed by atoms with Gasteiger partial charge in [0.25, 0.3) is 23.6 Å². The van der Waals surface area contributed by atoms with Gasteiger partial charge in [-0.25, -0.2) is 0 Å². The summed E-state index contributed by atoms with van der Waals surface area (Å²) in [5.74, 6) is 0.294. The van der Waals surface area contributed by atoms with Gasteiger partial charge in [0.05, 0.1) is 25.3 Å². The minimum atomic E-state index is -0.523. The van der Waals surface area contributed by atoms with E-state index in [-0.39, 0.29) is 17.5 Å². The van der Waals surface area contributed by atoms with Crippen molar-refractivity contribution in [2.24, 2.45) is 0 Å². The van der Waals surface area contributed by atoms with Crippen molar-refractivity contribution in [1.82, 2.24) is 10.2 Å². The number of anilines is 1. The number of carbonyl (C=O) groups excluding carboxylic acids is 4. The molecule has 0 atom stereocenters. The Labute approximate surface area is 265 Å². The Morgan fingerprint density at radius 2 is 1.49 bits per heavy atom. The molecule has 0 aliphatic carbocycles. The SMILES string of the molecule is COc1ccc(OC)c(/C=C(\NC(=O)c2ccccc2)C(=O)Nc2ccc(SCCCN3C(=O)c4ccccc4C3=O)cc2)c1. The lowest BCUT2D eigenvalue weighted by atomic mass is 10.1. The van der Waals surface area contributed by atoms with E-state index in [1.807, 2.05) is 12.1 Å². The first-order valence-corrected chi connectivity index (χ1v) is 15.2. The molecule has 4 amide bonds. The fourth-order valence-corrected chi connectivity index (χ4v) is 5.58. The van der Waals surface area contributed by atoms with Crippen LogP contribution in [0.25, 0.3) is 6.08 Å². The van der Waals surface area contributed by atoms with Crippen molar-refractivity contribution < 1.29 is 28.7 Å². The number of nitrogens with one attached hydrogen (secondary N) is 2. The lowest BCUT2D eigenvalue weighted by Crippen LogP contribution is -2.31. The normalized spacial score (nSPS) is 12.5. The molecule has 45 heavy (non-hydrogen) atoms. The summed E-state index contributed by atoms with van der Waals surface area (Å²) in [7, 11) is 3.06. The predicted molar refractivity (Wildman–Crippen MR) is 174 cm³/mol. The summed E-state index contributed by atoms with van der Waals surface area (Å²) >= 11 is 1.58. The number of nitrogens with zero attached hydrogens (tertiary/aromatic N) is 1. The van der Waals surface area contributed by atoms with Crippen molar-refractivity contribution in [3.8, 4) is 11.5 Å². The average molecular weight is 622 g/mol. The fraction of sp³-hybridized carbons (Fsp3) is 0.143. The van der Waals surface area contributed by atoms with Crippen LogP contribution in [-0.4, -0.2) is 55.0 Å². The van der Waals surface area contributed by atoms with Gasteiger partial charge in [-0.3, -0.25) is 24.1 Å². The highest BCUT2D eigenvalue weighted by Gasteiger charge is 2.34. The summed E-state index contributed by atoms with van der Waals surface area (Å²) in [6.07, 6.45) is 2.17. The number of ether oxygens (including phenoxy) is 2. The van der Waals surface area contributed by atoms with Gasteiger partial charge < -0.3 is 20.1 Å². The molecule has 228 valence electrons. The molecule has 10 heteroatoms. The molecule has 1 aliphatic rings. The van der Waals surface area contributed by atoms with Crippen molar-refractivity contribution in [2.45, 2.75) is 11.3 Å². The number of benzene rings is 4. The van der Waals surface area contributed by atoms with Crippen LogP contribution in [0.4, 0.5) is 5.69 Å². The molecule has 0 saturated carbocycles. The van der Waals surface area contributed by atoms with E-state index >= 15 is 0 Å². The Morgan fingerprint density at radius 3 is 2.13 bits per heavy atom. The quantitative estimate of drug-likeness (QED) is 0.0878. The molecule has 0 bridgehead atoms. The second-order valence-corrected chi connectivity index (χ2v) is 11.1. The zero-order chi connectivity index (χ0) is 31.8. The van der Waals surface area contributed by atoms with Crippen LogP contribution in [0.3, 0.4) is 0 Å². The largest absolute Gasteiger partial charge is 0.497 e. The highest BCUT2D eigenvalue weighted by atomic mass is 32.2. The van der Waals surface area contributed by atoms with Crippen LogP contribution < -0.4 is 20.1 Å². The van der Waals surface area contributed by atoms with E-state index in [0.29, 0.717) is 58.2 Å². The van der Waals surface area contributed by atoms with Gasteiger partial charge in [0.15, 0.2) is 0 Å². The van der Waals surface area contributed by atoms with Crippen LogP contribution in [-0.2, 0) is 4.79 Å². The molecule has 0 spiro atoms. The van der Waals surface area contributed by atoms with Crippen molar-refractivity contribution >= 4 is 47.2 Å². The van der Waals surface area contributed by atoms with E-state index < -0.39 is 11.8 Å². The molecule has 9 nitrogen and oxygen atoms in total. The molecule has 5 rings (SSSR count). The highest BCUT2D eigenvalue weighted by Crippen LogP contribution is 2.27. The fourth-order valence-electron chi connectivity index (χ4n) is 4.74. The summed E-state index contributed by atoms with van der Waals surface area (Å²) in [6, 6.07) is 27.9. The van der Waals surface area contributed by atoms with Gasteiger partial charge in [-0.15, -0.1) is 11.8 Å². The molecule has 4 aromatic rings. The highest BCUT2D eigenvalue weighted by molar-refractivity contribution is 7.99. The second-order valence-electron chi connectivity index (χ2n) is 9.97. The third kappa shape index (κ3) is 7.42. The van der Waals surface area contributed by atoms with Crippen LogP contribution in [0, 0.1) is 0 Å². The maximum Gasteiger partial charge on any atom is 0.272 e. The van der Waals surface area contributed by atoms with Gasteiger partial charge in [0, 0.05) is 28.3 Å². The smallest absolute Gasteiger partial charge is 0.272 e. The zero-order valence-corrected chi connectivity index (χ0v) is 25.6. The Morgan fingerprint density at radius 1 is 0.822 bits per heavy atom. The summed E-state index contributed by atoms with van der Waals surface area (Å²) in [6.45, 7) is 0.343. The van der Waals surface area contributed by atoms with E-state index in [2.05, 4.69) is 10.6 Å². The summed E-state index contributed by atoms with van der Waals surface area (Å²) in [5.41, 5.74) is 2.40. The summed E-state index contributed by atoms with van der Waals surface area (Å²) in [4.78, 5) is 53.8. The molecule has 2 N–H and O–H groups in total. The van der Waals surface area contributed by atoms with Crippen LogP contribution in [0.1, 0.15) is 43.1 Å². The topological polar surface area (TPSA) is 114 Å². The van der Waals surface area contributed by atoms with Crippen molar-refractivity contribution in [3.05, 3.63) is 125 Å². The molecular weight excluding hydrogens is 590 g/mol. The van der Waals surface area contributed by atoms with Gasteiger partial charge in [0.1, 0.15) is 17.2 Å². The van der Waals surface area contributed by atoms with Crippen molar-refractivity contribution in [1.29, 1.82) is 0 Å². The Balaban J connectivity index is 1.23. The number of hydrogen-bond acceptors (Lipinski definition) is 7. The second kappa shape index (κ2) is 14.4. The van der Waals surface area contributed by atoms with Crippen LogP contribution in [0.15, 0.2) is 108 Å². The molecule has 0 fully saturated rings. The predicted octanol–water partition coefficient (Wildman–Crippen LogP) is 5.89. The number of imide groups is 1. The third-order valence-corrected chi connectivity index (χ3v) is 8.15. The van der Waals surface area contributed by atoms with E-state index in [0.717, 1.165) is 4.90 Å². The molecule has 4 aromatic carbocycles. The van der Waals surface area contributed by atoms with Crippen molar-refractivity contribution in [3.63, 3.8) is 0 Å². The number of rotatable bonds is 12. The maximum atomic E-state index is 13.5. The number of methoxy groups -OCH3 is 2. The Kier molecular flexibility index (Phi) is 9.96. The summed E-state index contributed by atoms with van der Waals surface area (Å²) < 4.78 is 10.8. The average Bonchev–Trinajstić information content (AvgIpc) is 3.32. The first-order valence-electron chi connectivity index (χ1n) is 14.2. The van der Waals surface area contributed by atoms with Gasteiger partial charge in [-0.2, -0.15) is 0 Å². The van der Waals surface area contributed by atoms with Gasteiger partial charge in [-0.05, 0) is 85.0 Å². The molecule has 0 radical (unpaired) electrons. The lowest BCUT2D eigenvalue weighted by molar-refractivity contribution is -0.113. The first kappa shape index (κ1) is 31.1. The molecule has 1 aliphatic heterocycles. The lowest BCUT2D eigenvalue weighted by Gasteiger charge is -2.14. The third-order valence-electron chi connectivity index (χ3n) is 7.05. The number of thioether (sulfide) groups is 1. The minimum Gasteiger partial charge on any atom is -0.497 e. The minimum absolute atomic E-state index is 0.0158. The van der Waals surface area contributed by atoms with E-state index in [9.17, 15) is 19.2 Å². The standard InChI is InChI=1S/C35H31N3O6S/c1-43-26-15-18-31(44-2)24(21-26)22-30(37-32(39)23-9-4-3-5-10-23)33(40)36-25-13-16-27(17-14-25)45-20-8-19-38-34(41)28-11-6-7-12-29(28)35(38)42/h3-7,9-18,21-22H,8,19-20H2,1-2H3,(H,36,40)(H,37,39)/b30-22-. The van der Waals surface area contributed by atoms with E-state index in [4.69, 9.17) is 9.47 Å². The van der Waals surface area contributed by atoms with Gasteiger partial charge in [-0.1, -0.05) is 30.3 Å². The first-order chi connectivity index (χ1) is 21.9. The Bertz CT molecular complexity index is 1720. The van der Waals surface area contributed by atoms with Gasteiger partial charge >= 0.3 is 0 Å². The maximum absolute atomic E-state index is 13.5. The van der Waals surface area contributed by atoms with Crippen LogP contribution in [0.5, 0.6) is 11.5 Å². The molecule has 0 saturated heterocycles.